The van der Waals surface area contributed by atoms with Crippen LogP contribution in [0.3, 0.4) is 0 Å². The Labute approximate surface area is 105 Å². The molecule has 4 nitrogen and oxygen atoms in total. The van der Waals surface area contributed by atoms with E-state index in [9.17, 15) is 5.11 Å². The highest BCUT2D eigenvalue weighted by Crippen LogP contribution is 2.27. The molecule has 0 heterocycles. The number of hydrogen-bond donors (Lipinski definition) is 2. The third-order valence-corrected chi connectivity index (χ3v) is 2.20. The minimum atomic E-state index is 0.0403. The van der Waals surface area contributed by atoms with Gasteiger partial charge in [-0.15, -0.1) is 0 Å². The largest absolute Gasteiger partial charge is 0.504 e. The number of nitrogens with zero attached hydrogens (tertiary/aromatic N) is 1. The SMILES string of the molecule is CCOc1cc(/C=C(/C#N)C(N)=S)ccc1O. The number of rotatable bonds is 4. The number of phenols is 1. The van der Waals surface area contributed by atoms with E-state index in [0.717, 1.165) is 0 Å². The Bertz CT molecular complexity index is 504. The third-order valence-electron chi connectivity index (χ3n) is 1.98. The lowest BCUT2D eigenvalue weighted by Crippen LogP contribution is -2.09. The molecule has 0 atom stereocenters. The molecule has 3 N–H and O–H groups in total. The summed E-state index contributed by atoms with van der Waals surface area (Å²) in [5.41, 5.74) is 6.29. The summed E-state index contributed by atoms with van der Waals surface area (Å²) in [6.45, 7) is 2.26. The normalized spacial score (nSPS) is 10.7. The second-order valence-electron chi connectivity index (χ2n) is 3.19. The second kappa shape index (κ2) is 5.87. The number of ether oxygens (including phenoxy) is 1. The average molecular weight is 248 g/mol. The van der Waals surface area contributed by atoms with Gasteiger partial charge in [0.2, 0.25) is 0 Å². The summed E-state index contributed by atoms with van der Waals surface area (Å²) in [4.78, 5) is 0.0403. The van der Waals surface area contributed by atoms with Crippen LogP contribution < -0.4 is 10.5 Å². The first kappa shape index (κ1) is 13.0. The molecular formula is C12H12N2O2S. The van der Waals surface area contributed by atoms with E-state index in [4.69, 9.17) is 28.0 Å². The highest BCUT2D eigenvalue weighted by Gasteiger charge is 2.04. The molecule has 0 bridgehead atoms. The molecule has 17 heavy (non-hydrogen) atoms. The van der Waals surface area contributed by atoms with Crippen LogP contribution in [0.5, 0.6) is 11.5 Å². The molecule has 0 unspecified atom stereocenters. The zero-order valence-corrected chi connectivity index (χ0v) is 10.1. The molecule has 0 aliphatic rings. The lowest BCUT2D eigenvalue weighted by Gasteiger charge is -2.06. The zero-order valence-electron chi connectivity index (χ0n) is 9.30. The third kappa shape index (κ3) is 3.47. The van der Waals surface area contributed by atoms with Gasteiger partial charge in [-0.2, -0.15) is 5.26 Å². The molecule has 0 aliphatic heterocycles. The van der Waals surface area contributed by atoms with E-state index in [0.29, 0.717) is 17.9 Å². The molecule has 5 heteroatoms. The number of phenolic OH excluding ortho intramolecular Hbond substituents is 1. The van der Waals surface area contributed by atoms with Gasteiger partial charge in [-0.3, -0.25) is 0 Å². The first-order valence-electron chi connectivity index (χ1n) is 4.96. The standard InChI is InChI=1S/C12H12N2O2S/c1-2-16-11-6-8(3-4-10(11)15)5-9(7-13)12(14)17/h3-6,15H,2H2,1H3,(H2,14,17)/b9-5-. The summed E-state index contributed by atoms with van der Waals surface area (Å²) in [5.74, 6) is 0.416. The molecule has 1 rings (SSSR count). The van der Waals surface area contributed by atoms with Crippen LogP contribution in [-0.2, 0) is 0 Å². The molecule has 0 fully saturated rings. The average Bonchev–Trinajstić information content (AvgIpc) is 2.30. The van der Waals surface area contributed by atoms with Crippen LogP contribution in [0.2, 0.25) is 0 Å². The van der Waals surface area contributed by atoms with Crippen molar-refractivity contribution < 1.29 is 9.84 Å². The van der Waals surface area contributed by atoms with Crippen molar-refractivity contribution in [3.05, 3.63) is 29.3 Å². The maximum Gasteiger partial charge on any atom is 0.161 e. The number of benzene rings is 1. The van der Waals surface area contributed by atoms with Gasteiger partial charge < -0.3 is 15.6 Å². The summed E-state index contributed by atoms with van der Waals surface area (Å²) in [5, 5.41) is 18.3. The van der Waals surface area contributed by atoms with Crippen molar-refractivity contribution in [2.45, 2.75) is 6.92 Å². The van der Waals surface area contributed by atoms with Gasteiger partial charge >= 0.3 is 0 Å². The monoisotopic (exact) mass is 248 g/mol. The van der Waals surface area contributed by atoms with Gasteiger partial charge in [-0.1, -0.05) is 18.3 Å². The molecule has 0 saturated carbocycles. The Balaban J connectivity index is 3.12. The molecule has 88 valence electrons. The number of aromatic hydroxyl groups is 1. The van der Waals surface area contributed by atoms with Crippen molar-refractivity contribution in [2.75, 3.05) is 6.61 Å². The molecular weight excluding hydrogens is 236 g/mol. The maximum atomic E-state index is 9.51. The Hall–Kier alpha value is -2.06. The predicted octanol–water partition coefficient (Wildman–Crippen LogP) is 1.98. The van der Waals surface area contributed by atoms with Gasteiger partial charge in [0, 0.05) is 0 Å². The van der Waals surface area contributed by atoms with E-state index in [1.165, 1.54) is 6.07 Å². The highest BCUT2D eigenvalue weighted by atomic mass is 32.1. The second-order valence-corrected chi connectivity index (χ2v) is 3.63. The van der Waals surface area contributed by atoms with E-state index in [1.807, 2.05) is 13.0 Å². The Morgan fingerprint density at radius 1 is 1.65 bits per heavy atom. The Morgan fingerprint density at radius 2 is 2.35 bits per heavy atom. The first-order valence-corrected chi connectivity index (χ1v) is 5.36. The van der Waals surface area contributed by atoms with Crippen LogP contribution in [-0.4, -0.2) is 16.7 Å². The van der Waals surface area contributed by atoms with Crippen molar-refractivity contribution in [1.29, 1.82) is 5.26 Å². The lowest BCUT2D eigenvalue weighted by molar-refractivity contribution is 0.318. The first-order chi connectivity index (χ1) is 8.08. The molecule has 1 aromatic carbocycles. The zero-order chi connectivity index (χ0) is 12.8. The maximum absolute atomic E-state index is 9.51. The summed E-state index contributed by atoms with van der Waals surface area (Å²) in [6, 6.07) is 6.66. The molecule has 0 amide bonds. The summed E-state index contributed by atoms with van der Waals surface area (Å²) >= 11 is 4.73. The fourth-order valence-electron chi connectivity index (χ4n) is 1.22. The van der Waals surface area contributed by atoms with Crippen LogP contribution in [0.15, 0.2) is 23.8 Å². The quantitative estimate of drug-likeness (QED) is 0.484. The van der Waals surface area contributed by atoms with E-state index in [1.54, 1.807) is 18.2 Å². The van der Waals surface area contributed by atoms with E-state index in [-0.39, 0.29) is 16.3 Å². The lowest BCUT2D eigenvalue weighted by atomic mass is 10.1. The van der Waals surface area contributed by atoms with Gasteiger partial charge in [-0.25, -0.2) is 0 Å². The minimum absolute atomic E-state index is 0.0403. The molecule has 0 aliphatic carbocycles. The molecule has 0 saturated heterocycles. The van der Waals surface area contributed by atoms with Crippen LogP contribution in [0.1, 0.15) is 12.5 Å². The van der Waals surface area contributed by atoms with Gasteiger partial charge in [0.25, 0.3) is 0 Å². The van der Waals surface area contributed by atoms with E-state index < -0.39 is 0 Å². The summed E-state index contributed by atoms with van der Waals surface area (Å²) < 4.78 is 5.23. The number of thiocarbonyl (C=S) groups is 1. The van der Waals surface area contributed by atoms with Gasteiger partial charge in [0.05, 0.1) is 12.2 Å². The summed E-state index contributed by atoms with van der Waals surface area (Å²) in [7, 11) is 0. The van der Waals surface area contributed by atoms with Crippen molar-refractivity contribution >= 4 is 23.3 Å². The molecule has 0 radical (unpaired) electrons. The van der Waals surface area contributed by atoms with Crippen molar-refractivity contribution in [2.24, 2.45) is 5.73 Å². The highest BCUT2D eigenvalue weighted by molar-refractivity contribution is 7.80. The Morgan fingerprint density at radius 3 is 2.88 bits per heavy atom. The van der Waals surface area contributed by atoms with Gasteiger partial charge in [0.1, 0.15) is 11.1 Å². The summed E-state index contributed by atoms with van der Waals surface area (Å²) in [6.07, 6.45) is 1.55. The Kier molecular flexibility index (Phi) is 4.49. The van der Waals surface area contributed by atoms with Crippen LogP contribution in [0, 0.1) is 11.3 Å². The molecule has 0 spiro atoms. The topological polar surface area (TPSA) is 79.3 Å². The number of hydrogen-bond acceptors (Lipinski definition) is 4. The number of nitrogens with two attached hydrogens (primary N) is 1. The van der Waals surface area contributed by atoms with Crippen molar-refractivity contribution in [3.8, 4) is 17.6 Å². The smallest absolute Gasteiger partial charge is 0.161 e. The molecule has 1 aromatic rings. The van der Waals surface area contributed by atoms with E-state index in [2.05, 4.69) is 0 Å². The van der Waals surface area contributed by atoms with E-state index >= 15 is 0 Å². The van der Waals surface area contributed by atoms with Gasteiger partial charge in [-0.05, 0) is 30.7 Å². The van der Waals surface area contributed by atoms with Crippen LogP contribution in [0.4, 0.5) is 0 Å². The molecule has 0 aromatic heterocycles. The van der Waals surface area contributed by atoms with Crippen LogP contribution in [0.25, 0.3) is 6.08 Å². The van der Waals surface area contributed by atoms with Crippen molar-refractivity contribution in [1.82, 2.24) is 0 Å². The minimum Gasteiger partial charge on any atom is -0.504 e. The fourth-order valence-corrected chi connectivity index (χ4v) is 1.32. The van der Waals surface area contributed by atoms with Crippen molar-refractivity contribution in [3.63, 3.8) is 0 Å². The fraction of sp³-hybridized carbons (Fsp3) is 0.167. The number of nitriles is 1. The predicted molar refractivity (Wildman–Crippen MR) is 69.7 cm³/mol. The van der Waals surface area contributed by atoms with Crippen LogP contribution >= 0.6 is 12.2 Å². The van der Waals surface area contributed by atoms with Gasteiger partial charge in [0.15, 0.2) is 11.5 Å².